The first kappa shape index (κ1) is 6.11. The molecule has 8 heavy (non-hydrogen) atoms. The molecule has 1 heterocycles. The largest absolute Gasteiger partial charge is 0.372 e. The van der Waals surface area contributed by atoms with Crippen LogP contribution in [0.1, 0.15) is 6.92 Å². The molecule has 0 bridgehead atoms. The van der Waals surface area contributed by atoms with Gasteiger partial charge in [-0.15, -0.1) is 0 Å². The molecule has 0 radical (unpaired) electrons. The van der Waals surface area contributed by atoms with Gasteiger partial charge < -0.3 is 4.74 Å². The van der Waals surface area contributed by atoms with Gasteiger partial charge in [0.25, 0.3) is 0 Å². The molecule has 0 N–H and O–H groups in total. The van der Waals surface area contributed by atoms with Crippen molar-refractivity contribution in [2.24, 2.45) is 0 Å². The second-order valence-corrected chi connectivity index (χ2v) is 2.95. The number of hydrogen-bond donors (Lipinski definition) is 0. The van der Waals surface area contributed by atoms with E-state index in [9.17, 15) is 4.79 Å². The van der Waals surface area contributed by atoms with E-state index >= 15 is 0 Å². The Bertz CT molecular complexity index is 98.6. The van der Waals surface area contributed by atoms with Crippen molar-refractivity contribution in [1.29, 1.82) is 0 Å². The number of carbonyl (C=O) groups excluding carboxylic acids is 1. The minimum atomic E-state index is 0.181. The smallest absolute Gasteiger partial charge is 0.185 e. The molecule has 0 aromatic heterocycles. The molecule has 3 heteroatoms. The number of ether oxygens (including phenoxy) is 1. The fourth-order valence-corrected chi connectivity index (χ4v) is 0.988. The van der Waals surface area contributed by atoms with Crippen molar-refractivity contribution in [2.75, 3.05) is 12.4 Å². The predicted molar refractivity (Wildman–Crippen MR) is 32.9 cm³/mol. The monoisotopic (exact) mass is 132 g/mol. The second-order valence-electron chi connectivity index (χ2n) is 1.76. The van der Waals surface area contributed by atoms with E-state index in [1.807, 2.05) is 0 Å². The molecule has 1 unspecified atom stereocenters. The average Bonchev–Trinajstić information content (AvgIpc) is 2.41. The number of hydrogen-bond acceptors (Lipinski definition) is 3. The lowest BCUT2D eigenvalue weighted by molar-refractivity contribution is -0.109. The van der Waals surface area contributed by atoms with Gasteiger partial charge in [0.1, 0.15) is 0 Å². The molecule has 1 rings (SSSR count). The first-order valence-electron chi connectivity index (χ1n) is 2.54. The van der Waals surface area contributed by atoms with Crippen molar-refractivity contribution in [1.82, 2.24) is 0 Å². The van der Waals surface area contributed by atoms with E-state index in [1.54, 1.807) is 6.92 Å². The molecule has 1 saturated heterocycles. The minimum absolute atomic E-state index is 0.181. The third-order valence-corrected chi connectivity index (χ3v) is 1.82. The normalized spacial score (nSPS) is 25.4. The zero-order chi connectivity index (χ0) is 5.98. The number of epoxide rings is 1. The molecule has 1 fully saturated rings. The molecular weight excluding hydrogens is 124 g/mol. The summed E-state index contributed by atoms with van der Waals surface area (Å²) in [6, 6.07) is 0. The highest BCUT2D eigenvalue weighted by atomic mass is 32.2. The van der Waals surface area contributed by atoms with E-state index in [4.69, 9.17) is 4.74 Å². The summed E-state index contributed by atoms with van der Waals surface area (Å²) < 4.78 is 4.89. The van der Waals surface area contributed by atoms with Crippen molar-refractivity contribution < 1.29 is 9.53 Å². The second kappa shape index (κ2) is 2.51. The van der Waals surface area contributed by atoms with Crippen LogP contribution in [0.4, 0.5) is 0 Å². The van der Waals surface area contributed by atoms with Crippen molar-refractivity contribution in [3.63, 3.8) is 0 Å². The van der Waals surface area contributed by atoms with Crippen LogP contribution in [0.5, 0.6) is 0 Å². The van der Waals surface area contributed by atoms with Crippen LogP contribution in [0.3, 0.4) is 0 Å². The zero-order valence-electron chi connectivity index (χ0n) is 4.72. The van der Waals surface area contributed by atoms with E-state index in [0.29, 0.717) is 6.10 Å². The lowest BCUT2D eigenvalue weighted by atomic mass is 10.6. The van der Waals surface area contributed by atoms with Crippen LogP contribution in [0.15, 0.2) is 0 Å². The fourth-order valence-electron chi connectivity index (χ4n) is 0.375. The first-order valence-corrected chi connectivity index (χ1v) is 3.52. The molecule has 0 aliphatic carbocycles. The Morgan fingerprint density at radius 1 is 2.00 bits per heavy atom. The molecule has 0 aromatic carbocycles. The van der Waals surface area contributed by atoms with Crippen molar-refractivity contribution in [3.8, 4) is 0 Å². The maximum absolute atomic E-state index is 10.3. The highest BCUT2D eigenvalue weighted by Crippen LogP contribution is 2.15. The molecule has 46 valence electrons. The molecular formula is C5H8O2S. The summed E-state index contributed by atoms with van der Waals surface area (Å²) >= 11 is 1.34. The van der Waals surface area contributed by atoms with Crippen molar-refractivity contribution >= 4 is 16.9 Å². The van der Waals surface area contributed by atoms with Crippen molar-refractivity contribution in [2.45, 2.75) is 13.0 Å². The van der Waals surface area contributed by atoms with Crippen LogP contribution in [0.2, 0.25) is 0 Å². The number of carbonyl (C=O) groups is 1. The van der Waals surface area contributed by atoms with Gasteiger partial charge in [-0.2, -0.15) is 0 Å². The van der Waals surface area contributed by atoms with Gasteiger partial charge in [-0.3, -0.25) is 4.79 Å². The van der Waals surface area contributed by atoms with Gasteiger partial charge in [0.05, 0.1) is 12.7 Å². The van der Waals surface area contributed by atoms with Gasteiger partial charge in [-0.05, 0) is 0 Å². The van der Waals surface area contributed by atoms with E-state index in [-0.39, 0.29) is 5.12 Å². The van der Waals surface area contributed by atoms with Gasteiger partial charge in [0.2, 0.25) is 0 Å². The molecule has 0 saturated carbocycles. The standard InChI is InChI=1S/C5H8O2S/c1-4(6)8-3-5-2-7-5/h5H,2-3H2,1H3. The maximum atomic E-state index is 10.3. The first-order chi connectivity index (χ1) is 3.79. The number of thioether (sulfide) groups is 1. The summed E-state index contributed by atoms with van der Waals surface area (Å²) in [6.45, 7) is 2.42. The third kappa shape index (κ3) is 2.33. The average molecular weight is 132 g/mol. The van der Waals surface area contributed by atoms with Crippen LogP contribution < -0.4 is 0 Å². The van der Waals surface area contributed by atoms with Crippen LogP contribution in [-0.2, 0) is 9.53 Å². The summed E-state index contributed by atoms with van der Waals surface area (Å²) in [5.74, 6) is 0.843. The molecule has 0 amide bonds. The number of rotatable bonds is 2. The summed E-state index contributed by atoms with van der Waals surface area (Å²) in [5, 5.41) is 0.181. The fraction of sp³-hybridized carbons (Fsp3) is 0.800. The quantitative estimate of drug-likeness (QED) is 0.517. The SMILES string of the molecule is CC(=O)SCC1CO1. The van der Waals surface area contributed by atoms with E-state index in [0.717, 1.165) is 12.4 Å². The van der Waals surface area contributed by atoms with Crippen LogP contribution >= 0.6 is 11.8 Å². The van der Waals surface area contributed by atoms with Gasteiger partial charge in [0.15, 0.2) is 5.12 Å². The Hall–Kier alpha value is -0.0200. The Labute approximate surface area is 52.6 Å². The predicted octanol–water partition coefficient (Wildman–Crippen LogP) is 0.665. The molecule has 0 aromatic rings. The molecule has 1 atom stereocenters. The zero-order valence-corrected chi connectivity index (χ0v) is 5.53. The van der Waals surface area contributed by atoms with Gasteiger partial charge in [-0.25, -0.2) is 0 Å². The molecule has 1 aliphatic rings. The topological polar surface area (TPSA) is 29.6 Å². The lowest BCUT2D eigenvalue weighted by Crippen LogP contribution is -1.92. The molecule has 2 nitrogen and oxygen atoms in total. The Morgan fingerprint density at radius 3 is 3.00 bits per heavy atom. The molecule has 0 spiro atoms. The van der Waals surface area contributed by atoms with Crippen LogP contribution in [0, 0.1) is 0 Å². The van der Waals surface area contributed by atoms with Gasteiger partial charge in [-0.1, -0.05) is 11.8 Å². The van der Waals surface area contributed by atoms with E-state index in [1.165, 1.54) is 11.8 Å². The maximum Gasteiger partial charge on any atom is 0.185 e. The summed E-state index contributed by atoms with van der Waals surface area (Å²) in [6.07, 6.45) is 0.379. The lowest BCUT2D eigenvalue weighted by Gasteiger charge is -1.86. The Balaban J connectivity index is 1.95. The van der Waals surface area contributed by atoms with Crippen molar-refractivity contribution in [3.05, 3.63) is 0 Å². The van der Waals surface area contributed by atoms with E-state index in [2.05, 4.69) is 0 Å². The Morgan fingerprint density at radius 2 is 2.62 bits per heavy atom. The highest BCUT2D eigenvalue weighted by Gasteiger charge is 2.22. The minimum Gasteiger partial charge on any atom is -0.372 e. The third-order valence-electron chi connectivity index (χ3n) is 0.875. The van der Waals surface area contributed by atoms with Crippen LogP contribution in [0.25, 0.3) is 0 Å². The Kier molecular flexibility index (Phi) is 1.91. The van der Waals surface area contributed by atoms with Gasteiger partial charge >= 0.3 is 0 Å². The summed E-state index contributed by atoms with van der Waals surface area (Å²) in [5.41, 5.74) is 0. The summed E-state index contributed by atoms with van der Waals surface area (Å²) in [4.78, 5) is 10.3. The van der Waals surface area contributed by atoms with Gasteiger partial charge in [0, 0.05) is 12.7 Å². The molecule has 1 aliphatic heterocycles. The highest BCUT2D eigenvalue weighted by molar-refractivity contribution is 8.13. The van der Waals surface area contributed by atoms with Crippen LogP contribution in [-0.4, -0.2) is 23.6 Å². The van der Waals surface area contributed by atoms with E-state index < -0.39 is 0 Å². The summed E-state index contributed by atoms with van der Waals surface area (Å²) in [7, 11) is 0.